The highest BCUT2D eigenvalue weighted by Crippen LogP contribution is 2.41. The number of aromatic nitrogens is 1. The summed E-state index contributed by atoms with van der Waals surface area (Å²) < 4.78 is 2.12. The van der Waals surface area contributed by atoms with E-state index in [1.54, 1.807) is 0 Å². The summed E-state index contributed by atoms with van der Waals surface area (Å²) in [5, 5.41) is 16.7. The van der Waals surface area contributed by atoms with Crippen LogP contribution in [0.4, 0.5) is 11.4 Å². The van der Waals surface area contributed by atoms with Crippen LogP contribution in [0.1, 0.15) is 5.56 Å². The van der Waals surface area contributed by atoms with Gasteiger partial charge in [-0.05, 0) is 67.6 Å². The van der Waals surface area contributed by atoms with Gasteiger partial charge < -0.3 is 4.57 Å². The molecule has 0 saturated heterocycles. The zero-order chi connectivity index (χ0) is 34.1. The summed E-state index contributed by atoms with van der Waals surface area (Å²) in [6.45, 7) is 15.9. The van der Waals surface area contributed by atoms with Crippen LogP contribution in [-0.2, 0) is 0 Å². The van der Waals surface area contributed by atoms with Crippen LogP contribution in [0.3, 0.4) is 0 Å². The van der Waals surface area contributed by atoms with Crippen LogP contribution >= 0.6 is 0 Å². The van der Waals surface area contributed by atoms with Gasteiger partial charge in [0, 0.05) is 5.39 Å². The Morgan fingerprint density at radius 1 is 0.520 bits per heavy atom. The number of rotatable bonds is 6. The molecule has 5 heteroatoms. The summed E-state index contributed by atoms with van der Waals surface area (Å²) in [6.07, 6.45) is 0. The van der Waals surface area contributed by atoms with Crippen molar-refractivity contribution in [3.05, 3.63) is 198 Å². The third-order valence-corrected chi connectivity index (χ3v) is 14.4. The Balaban J connectivity index is 1.38. The van der Waals surface area contributed by atoms with Crippen molar-refractivity contribution in [2.75, 3.05) is 0 Å². The van der Waals surface area contributed by atoms with E-state index in [-0.39, 0.29) is 0 Å². The van der Waals surface area contributed by atoms with E-state index >= 15 is 0 Å². The highest BCUT2D eigenvalue weighted by Gasteiger charge is 2.41. The van der Waals surface area contributed by atoms with Gasteiger partial charge in [-0.3, -0.25) is 0 Å². The minimum Gasteiger partial charge on any atom is -0.318 e. The minimum atomic E-state index is -2.70. The van der Waals surface area contributed by atoms with E-state index in [2.05, 4.69) is 142 Å². The first-order chi connectivity index (χ1) is 24.7. The van der Waals surface area contributed by atoms with Gasteiger partial charge in [0.2, 0.25) is 5.69 Å². The van der Waals surface area contributed by atoms with E-state index in [1.807, 2.05) is 48.5 Å². The van der Waals surface area contributed by atoms with Crippen molar-refractivity contribution in [1.29, 1.82) is 5.26 Å². The zero-order valence-corrected chi connectivity index (χ0v) is 28.0. The quantitative estimate of drug-likeness (QED) is 0.101. The molecule has 0 aliphatic heterocycles. The van der Waals surface area contributed by atoms with E-state index in [9.17, 15) is 5.26 Å². The molecule has 0 bridgehead atoms. The maximum absolute atomic E-state index is 9.72. The summed E-state index contributed by atoms with van der Waals surface area (Å²) in [5.41, 5.74) is 6.03. The Morgan fingerprint density at radius 3 is 1.60 bits per heavy atom. The fourth-order valence-electron chi connectivity index (χ4n) is 7.45. The topological polar surface area (TPSA) is 37.4 Å². The first-order valence-corrected chi connectivity index (χ1v) is 18.3. The number of para-hydroxylation sites is 1. The molecule has 0 radical (unpaired) electrons. The van der Waals surface area contributed by atoms with Crippen molar-refractivity contribution in [2.45, 2.75) is 0 Å². The van der Waals surface area contributed by atoms with E-state index < -0.39 is 8.07 Å². The molecule has 8 aromatic rings. The molecule has 0 amide bonds. The molecule has 1 aromatic heterocycles. The van der Waals surface area contributed by atoms with E-state index in [0.29, 0.717) is 16.9 Å². The number of hydrogen-bond donors (Lipinski definition) is 0. The molecule has 4 nitrogen and oxygen atoms in total. The molecule has 0 saturated carbocycles. The van der Waals surface area contributed by atoms with Crippen molar-refractivity contribution in [3.8, 4) is 22.9 Å². The Bertz CT molecular complexity index is 2490. The van der Waals surface area contributed by atoms with Crippen LogP contribution in [0, 0.1) is 24.5 Å². The first kappa shape index (κ1) is 30.4. The lowest BCUT2D eigenvalue weighted by molar-refractivity contribution is 1.19. The standard InChI is InChI=1S/C45H28N4Si/c1-47-34-24-28-44-41(30-34)40-29-32(31-46)21-27-43(40)49(44)45-39(19-12-20-42(45)48-2)33-22-25-38(26-23-33)50(35-13-6-3-7-14-35,36-15-8-4-9-16-36)37-17-10-5-11-18-37/h3-30H. The van der Waals surface area contributed by atoms with Crippen LogP contribution in [0.2, 0.25) is 0 Å². The van der Waals surface area contributed by atoms with Crippen LogP contribution in [0.5, 0.6) is 0 Å². The number of fused-ring (bicyclic) bond motifs is 3. The van der Waals surface area contributed by atoms with E-state index in [0.717, 1.165) is 38.6 Å². The minimum absolute atomic E-state index is 0.519. The van der Waals surface area contributed by atoms with Gasteiger partial charge in [0.15, 0.2) is 13.8 Å². The summed E-state index contributed by atoms with van der Waals surface area (Å²) in [4.78, 5) is 7.68. The average Bonchev–Trinajstić information content (AvgIpc) is 3.51. The van der Waals surface area contributed by atoms with Gasteiger partial charge in [-0.1, -0.05) is 140 Å². The zero-order valence-electron chi connectivity index (χ0n) is 27.0. The summed E-state index contributed by atoms with van der Waals surface area (Å²) in [6, 6.07) is 60.9. The van der Waals surface area contributed by atoms with Crippen LogP contribution < -0.4 is 20.7 Å². The lowest BCUT2D eigenvalue weighted by Gasteiger charge is -2.34. The maximum atomic E-state index is 9.72. The second-order valence-corrected chi connectivity index (χ2v) is 16.0. The fourth-order valence-corrected chi connectivity index (χ4v) is 12.2. The average molecular weight is 653 g/mol. The maximum Gasteiger partial charge on any atom is 0.211 e. The lowest BCUT2D eigenvalue weighted by Crippen LogP contribution is -2.74. The number of hydrogen-bond acceptors (Lipinski definition) is 1. The van der Waals surface area contributed by atoms with Crippen molar-refractivity contribution >= 4 is 62.0 Å². The van der Waals surface area contributed by atoms with Gasteiger partial charge >= 0.3 is 0 Å². The molecule has 7 aromatic carbocycles. The Morgan fingerprint density at radius 2 is 1.06 bits per heavy atom. The van der Waals surface area contributed by atoms with Crippen molar-refractivity contribution < 1.29 is 0 Å². The lowest BCUT2D eigenvalue weighted by atomic mass is 10.0. The molecule has 0 unspecified atom stereocenters. The molecule has 1 heterocycles. The van der Waals surface area contributed by atoms with Crippen LogP contribution in [0.15, 0.2) is 170 Å². The number of benzene rings is 7. The number of nitrogens with zero attached hydrogens (tertiary/aromatic N) is 4. The first-order valence-electron chi connectivity index (χ1n) is 16.3. The molecule has 8 rings (SSSR count). The van der Waals surface area contributed by atoms with Gasteiger partial charge in [-0.2, -0.15) is 5.26 Å². The van der Waals surface area contributed by atoms with Crippen LogP contribution in [-0.4, -0.2) is 12.6 Å². The third kappa shape index (κ3) is 4.80. The van der Waals surface area contributed by atoms with Gasteiger partial charge in [0.1, 0.15) is 0 Å². The molecule has 0 spiro atoms. The molecule has 232 valence electrons. The Hall–Kier alpha value is -6.97. The number of nitriles is 1. The second kappa shape index (κ2) is 12.6. The molecule has 50 heavy (non-hydrogen) atoms. The molecule has 0 fully saturated rings. The highest BCUT2D eigenvalue weighted by molar-refractivity contribution is 7.19. The van der Waals surface area contributed by atoms with E-state index in [4.69, 9.17) is 13.1 Å². The van der Waals surface area contributed by atoms with Gasteiger partial charge in [-0.25, -0.2) is 9.69 Å². The highest BCUT2D eigenvalue weighted by atomic mass is 28.3. The molecule has 0 N–H and O–H groups in total. The van der Waals surface area contributed by atoms with Crippen LogP contribution in [0.25, 0.3) is 48.3 Å². The van der Waals surface area contributed by atoms with Gasteiger partial charge in [0.05, 0.1) is 41.5 Å². The molecule has 0 aliphatic carbocycles. The van der Waals surface area contributed by atoms with E-state index in [1.165, 1.54) is 20.7 Å². The van der Waals surface area contributed by atoms with Crippen molar-refractivity contribution in [2.24, 2.45) is 0 Å². The third-order valence-electron chi connectivity index (χ3n) is 9.61. The van der Waals surface area contributed by atoms with Gasteiger partial charge in [-0.15, -0.1) is 0 Å². The smallest absolute Gasteiger partial charge is 0.211 e. The Labute approximate surface area is 292 Å². The fraction of sp³-hybridized carbons (Fsp3) is 0. The predicted octanol–water partition coefficient (Wildman–Crippen LogP) is 8.80. The van der Waals surface area contributed by atoms with Crippen molar-refractivity contribution in [3.63, 3.8) is 0 Å². The monoisotopic (exact) mass is 652 g/mol. The summed E-state index contributed by atoms with van der Waals surface area (Å²) >= 11 is 0. The predicted molar refractivity (Wildman–Crippen MR) is 207 cm³/mol. The summed E-state index contributed by atoms with van der Waals surface area (Å²) in [5.74, 6) is 0. The largest absolute Gasteiger partial charge is 0.318 e. The Kier molecular flexibility index (Phi) is 7.63. The summed E-state index contributed by atoms with van der Waals surface area (Å²) in [7, 11) is -2.70. The molecule has 0 atom stereocenters. The second-order valence-electron chi connectivity index (χ2n) is 12.2. The molecular weight excluding hydrogens is 625 g/mol. The molecule has 0 aliphatic rings. The SMILES string of the molecule is [C-]#[N+]c1ccc2c(c1)c1cc(C#N)ccc1n2-c1c([N+]#[C-])cccc1-c1ccc([Si](c2ccccc2)(c2ccccc2)c2ccccc2)cc1. The van der Waals surface area contributed by atoms with Gasteiger partial charge in [0.25, 0.3) is 0 Å². The normalized spacial score (nSPS) is 11.1. The van der Waals surface area contributed by atoms with Crippen molar-refractivity contribution in [1.82, 2.24) is 4.57 Å². The molecular formula is C45H28N4Si.